The monoisotopic (exact) mass is 942 g/mol. The van der Waals surface area contributed by atoms with Crippen LogP contribution in [0, 0.1) is 18.8 Å². The van der Waals surface area contributed by atoms with Crippen LogP contribution in [0.2, 0.25) is 0 Å². The smallest absolute Gasteiger partial charge is 0.135 e. The average Bonchev–Trinajstić information content (AvgIpc) is 3.99. The first-order chi connectivity index (χ1) is 30.6. The summed E-state index contributed by atoms with van der Waals surface area (Å²) in [6, 6.07) is 56.8. The van der Waals surface area contributed by atoms with Crippen molar-refractivity contribution < 1.29 is 25.2 Å². The van der Waals surface area contributed by atoms with Gasteiger partial charge in [0.2, 0.25) is 0 Å². The van der Waals surface area contributed by atoms with Crippen LogP contribution in [0.5, 0.6) is 11.5 Å². The van der Waals surface area contributed by atoms with E-state index in [0.717, 1.165) is 66.8 Å². The Morgan fingerprint density at radius 2 is 1.14 bits per heavy atom. The minimum atomic E-state index is -0.0715. The molecule has 0 atom stereocenters. The normalized spacial score (nSPS) is 13.3. The zero-order valence-corrected chi connectivity index (χ0v) is 40.1. The van der Waals surface area contributed by atoms with Gasteiger partial charge in [-0.2, -0.15) is 6.07 Å². The molecule has 0 fully saturated rings. The first-order valence-corrected chi connectivity index (χ1v) is 22.2. The van der Waals surface area contributed by atoms with E-state index in [9.17, 15) is 0 Å². The van der Waals surface area contributed by atoms with Crippen LogP contribution in [0.15, 0.2) is 158 Å². The van der Waals surface area contributed by atoms with E-state index < -0.39 is 0 Å². The molecule has 65 heavy (non-hydrogen) atoms. The average molecular weight is 944 g/mol. The molecule has 0 saturated carbocycles. The fourth-order valence-electron chi connectivity index (χ4n) is 8.70. The standard InChI is InChI=1S/C58H54N5O.Pd/c1-56(2,3)41-26-27-59-53(35-41)63-52-37-47(24-25-50(52)54-55(63)49-22-16-17-23-51(49)62(54)44-20-14-11-15-21-44)64-48-31-40(39-18-12-10-13-19-39)30-45(36-48)60-28-29-61(38-60)46-33-42(57(4,5)6)32-43(34-46)58(7,8)9;/h10-35,38H,1-9H3;/q-3;. The number of hydrogen-bond donors (Lipinski definition) is 0. The van der Waals surface area contributed by atoms with Crippen LogP contribution in [0.1, 0.15) is 79.0 Å². The maximum Gasteiger partial charge on any atom is 0.135 e. The Balaban J connectivity index is 0.00000533. The molecule has 0 N–H and O–H groups in total. The van der Waals surface area contributed by atoms with Crippen molar-refractivity contribution in [3.05, 3.63) is 194 Å². The Kier molecular flexibility index (Phi) is 11.2. The number of benzene rings is 6. The van der Waals surface area contributed by atoms with Crippen molar-refractivity contribution in [1.82, 2.24) is 14.1 Å². The molecule has 0 spiro atoms. The first kappa shape index (κ1) is 43.8. The van der Waals surface area contributed by atoms with E-state index in [-0.39, 0.29) is 36.7 Å². The molecular weight excluding hydrogens is 889 g/mol. The Hall–Kier alpha value is -6.39. The SMILES string of the molecule is CC(C)(C)c1cc(N2C=CN(c3[c-]c(Oc4[c-]c5c(cc4)c4c(c6ccccc6n4-c4ccccc4)n5-c4cc(C(C)(C)C)ccn4)cc(-c4ccccc4)c3)[CH-]2)cc(C(C)(C)C)c1.[Pd]. The van der Waals surface area contributed by atoms with Crippen molar-refractivity contribution in [3.8, 4) is 34.1 Å². The molecule has 1 aliphatic heterocycles. The summed E-state index contributed by atoms with van der Waals surface area (Å²) >= 11 is 0. The van der Waals surface area contributed by atoms with E-state index in [1.54, 1.807) is 0 Å². The molecule has 330 valence electrons. The van der Waals surface area contributed by atoms with E-state index in [1.807, 2.05) is 18.3 Å². The molecule has 1 aliphatic rings. The van der Waals surface area contributed by atoms with Crippen LogP contribution in [0.3, 0.4) is 0 Å². The number of nitrogens with zero attached hydrogens (tertiary/aromatic N) is 5. The largest absolute Gasteiger partial charge is 0.509 e. The van der Waals surface area contributed by atoms with E-state index in [1.165, 1.54) is 16.7 Å². The van der Waals surface area contributed by atoms with Gasteiger partial charge in [0.15, 0.2) is 0 Å². The van der Waals surface area contributed by atoms with Gasteiger partial charge < -0.3 is 23.7 Å². The quantitative estimate of drug-likeness (QED) is 0.118. The van der Waals surface area contributed by atoms with E-state index >= 15 is 0 Å². The number of hydrogen-bond acceptors (Lipinski definition) is 4. The molecule has 7 heteroatoms. The molecule has 6 aromatic carbocycles. The Labute approximate surface area is 397 Å². The fourth-order valence-corrected chi connectivity index (χ4v) is 8.70. The van der Waals surface area contributed by atoms with Crippen LogP contribution < -0.4 is 14.5 Å². The van der Waals surface area contributed by atoms with Gasteiger partial charge in [0, 0.05) is 60.4 Å². The van der Waals surface area contributed by atoms with Crippen molar-refractivity contribution in [1.29, 1.82) is 0 Å². The van der Waals surface area contributed by atoms with Crippen LogP contribution in [-0.2, 0) is 36.7 Å². The second-order valence-corrected chi connectivity index (χ2v) is 20.0. The van der Waals surface area contributed by atoms with Gasteiger partial charge in [-0.3, -0.25) is 0 Å². The molecular formula is C58H54N5OPd-3. The minimum absolute atomic E-state index is 0. The predicted molar refractivity (Wildman–Crippen MR) is 266 cm³/mol. The number of ether oxygens (including phenoxy) is 1. The zero-order chi connectivity index (χ0) is 44.5. The molecule has 0 saturated heterocycles. The number of pyridine rings is 1. The molecule has 0 aliphatic carbocycles. The van der Waals surface area contributed by atoms with E-state index in [0.29, 0.717) is 11.5 Å². The second-order valence-electron chi connectivity index (χ2n) is 20.0. The van der Waals surface area contributed by atoms with Crippen molar-refractivity contribution in [2.24, 2.45) is 0 Å². The molecule has 0 radical (unpaired) electrons. The van der Waals surface area contributed by atoms with Gasteiger partial charge in [0.1, 0.15) is 5.82 Å². The van der Waals surface area contributed by atoms with E-state index in [4.69, 9.17) is 9.72 Å². The zero-order valence-electron chi connectivity index (χ0n) is 38.5. The van der Waals surface area contributed by atoms with Crippen LogP contribution >= 0.6 is 0 Å². The summed E-state index contributed by atoms with van der Waals surface area (Å²) in [5.41, 5.74) is 13.1. The maximum atomic E-state index is 6.88. The van der Waals surface area contributed by atoms with Gasteiger partial charge in [-0.25, -0.2) is 4.98 Å². The Bertz CT molecular complexity index is 3200. The summed E-state index contributed by atoms with van der Waals surface area (Å²) < 4.78 is 11.5. The summed E-state index contributed by atoms with van der Waals surface area (Å²) in [5.74, 6) is 2.01. The Morgan fingerprint density at radius 3 is 1.83 bits per heavy atom. The summed E-state index contributed by atoms with van der Waals surface area (Å²) in [6.45, 7) is 22.5. The summed E-state index contributed by atoms with van der Waals surface area (Å²) in [5, 5.41) is 2.18. The number of rotatable bonds is 7. The van der Waals surface area contributed by atoms with Gasteiger partial charge in [-0.15, -0.1) is 48.3 Å². The molecule has 4 heterocycles. The minimum Gasteiger partial charge on any atom is -0.509 e. The van der Waals surface area contributed by atoms with Crippen LogP contribution in [0.4, 0.5) is 11.4 Å². The molecule has 9 aromatic rings. The van der Waals surface area contributed by atoms with Gasteiger partial charge in [-0.05, 0) is 93.4 Å². The Morgan fingerprint density at radius 1 is 0.508 bits per heavy atom. The van der Waals surface area contributed by atoms with Gasteiger partial charge in [0.05, 0.1) is 11.0 Å². The van der Waals surface area contributed by atoms with Crippen molar-refractivity contribution in [2.75, 3.05) is 9.80 Å². The van der Waals surface area contributed by atoms with Crippen molar-refractivity contribution in [3.63, 3.8) is 0 Å². The van der Waals surface area contributed by atoms with Gasteiger partial charge in [0.25, 0.3) is 0 Å². The second kappa shape index (κ2) is 16.6. The molecule has 6 nitrogen and oxygen atoms in total. The predicted octanol–water partition coefficient (Wildman–Crippen LogP) is 15.0. The molecule has 0 unspecified atom stereocenters. The van der Waals surface area contributed by atoms with E-state index in [2.05, 4.69) is 240 Å². The van der Waals surface area contributed by atoms with Crippen LogP contribution in [-0.4, -0.2) is 14.1 Å². The molecule has 10 rings (SSSR count). The number of aromatic nitrogens is 3. The number of anilines is 2. The van der Waals surface area contributed by atoms with Crippen LogP contribution in [0.25, 0.3) is 55.5 Å². The molecule has 3 aromatic heterocycles. The maximum absolute atomic E-state index is 6.88. The number of para-hydroxylation sites is 2. The van der Waals surface area contributed by atoms with Gasteiger partial charge in [-0.1, -0.05) is 146 Å². The third kappa shape index (κ3) is 8.29. The molecule has 0 amide bonds. The first-order valence-electron chi connectivity index (χ1n) is 22.2. The number of fused-ring (bicyclic) bond motifs is 5. The summed E-state index contributed by atoms with van der Waals surface area (Å²) in [4.78, 5) is 9.34. The third-order valence-electron chi connectivity index (χ3n) is 12.3. The summed E-state index contributed by atoms with van der Waals surface area (Å²) in [7, 11) is 0. The van der Waals surface area contributed by atoms with Crippen molar-refractivity contribution >= 4 is 44.2 Å². The summed E-state index contributed by atoms with van der Waals surface area (Å²) in [6.07, 6.45) is 6.13. The van der Waals surface area contributed by atoms with Crippen molar-refractivity contribution in [2.45, 2.75) is 78.6 Å². The topological polar surface area (TPSA) is 38.5 Å². The third-order valence-corrected chi connectivity index (χ3v) is 12.3. The fraction of sp³-hybridized carbons (Fsp3) is 0.207. The van der Waals surface area contributed by atoms with Gasteiger partial charge >= 0.3 is 0 Å². The molecule has 0 bridgehead atoms.